The zero-order valence-corrected chi connectivity index (χ0v) is 47.0. The molecule has 0 saturated carbocycles. The first-order valence-electron chi connectivity index (χ1n) is 26.5. The maximum atomic E-state index is 14.4. The van der Waals surface area contributed by atoms with Crippen LogP contribution in [0.5, 0.6) is 17.2 Å². The van der Waals surface area contributed by atoms with Crippen molar-refractivity contribution in [1.82, 2.24) is 25.0 Å². The first-order valence-corrected chi connectivity index (χ1v) is 28.2. The van der Waals surface area contributed by atoms with E-state index in [0.29, 0.717) is 87.1 Å². The van der Waals surface area contributed by atoms with Gasteiger partial charge in [-0.3, -0.25) is 24.1 Å². The molecule has 0 bridgehead atoms. The number of nitrogens with one attached hydrogen (secondary N) is 1. The van der Waals surface area contributed by atoms with E-state index in [0.717, 1.165) is 67.0 Å². The number of aryl methyl sites for hydroxylation is 3. The zero-order valence-electron chi connectivity index (χ0n) is 45.4. The number of aromatic nitrogens is 1. The van der Waals surface area contributed by atoms with Crippen LogP contribution < -0.4 is 14.8 Å². The molecule has 4 heterocycles. The number of likely N-dealkylation sites (tertiary alicyclic amines) is 1. The number of ether oxygens (including phenoxy) is 6. The number of fused-ring (bicyclic) bond motifs is 1. The second-order valence-corrected chi connectivity index (χ2v) is 21.6. The van der Waals surface area contributed by atoms with Crippen molar-refractivity contribution in [3.63, 3.8) is 0 Å². The fraction of sp³-hybridized carbons (Fsp3) is 0.400. The monoisotopic (exact) mass is 1110 g/mol. The largest absolute Gasteiger partial charge is 0.491 e. The highest BCUT2D eigenvalue weighted by molar-refractivity contribution is 8.18. The number of aliphatic hydroxyl groups excluding tert-OH is 1. The van der Waals surface area contributed by atoms with E-state index in [2.05, 4.69) is 21.7 Å². The number of imide groups is 1. The molecule has 3 aliphatic rings. The van der Waals surface area contributed by atoms with E-state index in [1.807, 2.05) is 100 Å². The summed E-state index contributed by atoms with van der Waals surface area (Å²) in [4.78, 5) is 68.1. The Labute approximate surface area is 470 Å². The van der Waals surface area contributed by atoms with Crippen LogP contribution in [0.3, 0.4) is 0 Å². The molecular weight excluding hydrogens is 1040 g/mol. The lowest BCUT2D eigenvalue weighted by Gasteiger charge is -2.36. The van der Waals surface area contributed by atoms with Gasteiger partial charge in [0.15, 0.2) is 5.69 Å². The number of carbonyl (C=O) groups is 4. The third kappa shape index (κ3) is 14.9. The lowest BCUT2D eigenvalue weighted by molar-refractivity contribution is -0.143. The lowest BCUT2D eigenvalue weighted by atomic mass is 10.00. The number of thioether (sulfide) groups is 1. The highest BCUT2D eigenvalue weighted by atomic mass is 32.2. The minimum Gasteiger partial charge on any atom is -0.491 e. The predicted molar refractivity (Wildman–Crippen MR) is 305 cm³/mol. The molecule has 0 aliphatic carbocycles. The van der Waals surface area contributed by atoms with Crippen LogP contribution in [0.4, 0.5) is 10.5 Å². The van der Waals surface area contributed by atoms with Crippen molar-refractivity contribution in [2.24, 2.45) is 5.92 Å². The summed E-state index contributed by atoms with van der Waals surface area (Å²) >= 11 is 2.43. The van der Waals surface area contributed by atoms with Crippen molar-refractivity contribution < 1.29 is 52.7 Å². The summed E-state index contributed by atoms with van der Waals surface area (Å²) in [6.07, 6.45) is 1.68. The Bertz CT molecular complexity index is 3080. The number of nitrogens with zero attached hydrogens (tertiary/aromatic N) is 5. The Morgan fingerprint density at radius 2 is 1.57 bits per heavy atom. The average Bonchev–Trinajstić information content (AvgIpc) is 4.22. The van der Waals surface area contributed by atoms with E-state index in [4.69, 9.17) is 35.0 Å². The van der Waals surface area contributed by atoms with Gasteiger partial charge in [-0.1, -0.05) is 69.0 Å². The highest BCUT2D eigenvalue weighted by Gasteiger charge is 2.45. The number of thiazole rings is 1. The summed E-state index contributed by atoms with van der Waals surface area (Å²) in [5.74, 6) is 0.899. The van der Waals surface area contributed by atoms with Gasteiger partial charge < -0.3 is 48.6 Å². The molecule has 416 valence electrons. The van der Waals surface area contributed by atoms with Gasteiger partial charge >= 0.3 is 0 Å². The lowest BCUT2D eigenvalue weighted by Crippen LogP contribution is -2.54. The van der Waals surface area contributed by atoms with E-state index >= 15 is 0 Å². The summed E-state index contributed by atoms with van der Waals surface area (Å²) in [6.45, 7) is 25.3. The number of hydrogen-bond donors (Lipinski definition) is 2. The van der Waals surface area contributed by atoms with Crippen LogP contribution in [0.2, 0.25) is 0 Å². The molecule has 0 spiro atoms. The van der Waals surface area contributed by atoms with Crippen LogP contribution in [0, 0.1) is 33.3 Å². The van der Waals surface area contributed by atoms with E-state index in [1.165, 1.54) is 21.1 Å². The van der Waals surface area contributed by atoms with Gasteiger partial charge in [-0.25, -0.2) is 9.83 Å². The molecule has 19 heteroatoms. The molecule has 2 N–H and O–H groups in total. The second kappa shape index (κ2) is 27.8. The molecule has 8 rings (SSSR count). The standard InChI is InChI=1S/C60H68N6O11S2/c1-38(2)55(65-35-46-11-8-9-12-49(46)42(65)6)59(70)66-36-48(67)33-50(66)57(68)62-34-45-15-14-44(56-41(5)63-37-78-56)32-53(45)76-28-27-75-26-24-73-21-10-20-72-23-25-74-22-19-64-58(69)54(79-60(64)71)31-43-13-17-51(39(3)29-43)77-52-18-16-47(61-7)30-40(52)4/h8-9,11-18,29-32,37-38,48,50,55,67H,6,10,19-28,33-36H2,1-5H3,(H,62,68)/b54-31-/t48-,50+,55+/m1/s1. The number of hydrogen-bond acceptors (Lipinski definition) is 15. The van der Waals surface area contributed by atoms with Gasteiger partial charge in [0.2, 0.25) is 11.8 Å². The van der Waals surface area contributed by atoms with Crippen LogP contribution in [0.15, 0.2) is 95.9 Å². The molecule has 17 nitrogen and oxygen atoms in total. The molecule has 2 saturated heterocycles. The molecule has 3 atom stereocenters. The van der Waals surface area contributed by atoms with Gasteiger partial charge in [-0.05, 0) is 109 Å². The summed E-state index contributed by atoms with van der Waals surface area (Å²) < 4.78 is 35.3. The number of benzene rings is 4. The summed E-state index contributed by atoms with van der Waals surface area (Å²) in [5.41, 5.74) is 10.3. The smallest absolute Gasteiger partial charge is 0.293 e. The molecule has 1 aromatic heterocycles. The van der Waals surface area contributed by atoms with E-state index in [-0.39, 0.29) is 68.1 Å². The SMILES string of the molecule is [C-]#[N+]c1ccc(Oc2ccc(/C=C3\SC(=O)N(CCOCCOCCCOCCOCCOc4cc(-c5scnc5C)ccc4CNC(=O)[C@@H]4C[C@@H](O)CN4C(=O)[C@H](C(C)C)N4Cc5ccccc5C4=C)C3=O)cc2C)c(C)c1. The van der Waals surface area contributed by atoms with Gasteiger partial charge in [-0.2, -0.15) is 0 Å². The normalized spacial score (nSPS) is 17.0. The number of carbonyl (C=O) groups excluding carboxylic acids is 4. The van der Waals surface area contributed by atoms with Crippen molar-refractivity contribution in [2.75, 3.05) is 72.6 Å². The maximum Gasteiger partial charge on any atom is 0.293 e. The van der Waals surface area contributed by atoms with Crippen molar-refractivity contribution in [2.45, 2.75) is 78.7 Å². The molecule has 4 amide bonds. The van der Waals surface area contributed by atoms with Gasteiger partial charge in [-0.15, -0.1) is 11.3 Å². The van der Waals surface area contributed by atoms with Crippen molar-refractivity contribution in [3.05, 3.63) is 146 Å². The van der Waals surface area contributed by atoms with Gasteiger partial charge in [0.05, 0.1) is 79.8 Å². The third-order valence-electron chi connectivity index (χ3n) is 13.8. The fourth-order valence-corrected chi connectivity index (χ4v) is 11.3. The number of β-amino-alcohol motifs (C(OH)–C–C–N with tert-alkyl or cyclic N) is 1. The topological polar surface area (TPSA) is 183 Å². The Kier molecular flexibility index (Phi) is 20.5. The Balaban J connectivity index is 0.701. The number of amides is 4. The molecule has 4 aromatic carbocycles. The van der Waals surface area contributed by atoms with Crippen LogP contribution >= 0.6 is 23.1 Å². The van der Waals surface area contributed by atoms with Crippen molar-refractivity contribution >= 4 is 63.5 Å². The summed E-state index contributed by atoms with van der Waals surface area (Å²) in [6, 6.07) is 23.2. The van der Waals surface area contributed by atoms with Crippen LogP contribution in [0.25, 0.3) is 27.1 Å². The number of aliphatic hydroxyl groups is 1. The Morgan fingerprint density at radius 3 is 2.25 bits per heavy atom. The molecule has 0 radical (unpaired) electrons. The van der Waals surface area contributed by atoms with E-state index in [9.17, 15) is 24.3 Å². The molecule has 2 fully saturated rings. The first-order chi connectivity index (χ1) is 38.2. The zero-order chi connectivity index (χ0) is 56.0. The minimum absolute atomic E-state index is 0.0697. The van der Waals surface area contributed by atoms with Crippen molar-refractivity contribution in [3.8, 4) is 27.7 Å². The van der Waals surface area contributed by atoms with E-state index in [1.54, 1.807) is 29.8 Å². The molecule has 3 aliphatic heterocycles. The number of rotatable bonds is 27. The molecular formula is C60H68N6O11S2. The molecule has 0 unspecified atom stereocenters. The minimum atomic E-state index is -0.842. The quantitative estimate of drug-likeness (QED) is 0.0288. The Hall–Kier alpha value is -6.89. The average molecular weight is 1110 g/mol. The van der Waals surface area contributed by atoms with Gasteiger partial charge in [0.25, 0.3) is 11.1 Å². The van der Waals surface area contributed by atoms with Crippen LogP contribution in [-0.2, 0) is 46.4 Å². The van der Waals surface area contributed by atoms with Crippen molar-refractivity contribution in [1.29, 1.82) is 0 Å². The fourth-order valence-electron chi connectivity index (χ4n) is 9.68. The van der Waals surface area contributed by atoms with E-state index < -0.39 is 18.2 Å². The van der Waals surface area contributed by atoms with Crippen LogP contribution in [-0.4, -0.2) is 138 Å². The van der Waals surface area contributed by atoms with Crippen LogP contribution in [0.1, 0.15) is 65.8 Å². The summed E-state index contributed by atoms with van der Waals surface area (Å²) in [5, 5.41) is 13.5. The predicted octanol–water partition coefficient (Wildman–Crippen LogP) is 9.74. The first kappa shape index (κ1) is 58.3. The Morgan fingerprint density at radius 1 is 0.873 bits per heavy atom. The molecule has 5 aromatic rings. The summed E-state index contributed by atoms with van der Waals surface area (Å²) in [7, 11) is 0. The molecule has 79 heavy (non-hydrogen) atoms. The second-order valence-electron chi connectivity index (χ2n) is 19.8. The third-order valence-corrected chi connectivity index (χ3v) is 15.7. The van der Waals surface area contributed by atoms with Gasteiger partial charge in [0, 0.05) is 56.1 Å². The highest BCUT2D eigenvalue weighted by Crippen LogP contribution is 2.38. The van der Waals surface area contributed by atoms with Gasteiger partial charge in [0.1, 0.15) is 35.9 Å². The maximum absolute atomic E-state index is 14.4.